The van der Waals surface area contributed by atoms with E-state index in [0.717, 1.165) is 137 Å². The van der Waals surface area contributed by atoms with E-state index in [1.54, 1.807) is 67.5 Å². The van der Waals surface area contributed by atoms with Gasteiger partial charge in [-0.1, -0.05) is 210 Å². The number of nitriles is 5. The van der Waals surface area contributed by atoms with Crippen LogP contribution in [0.2, 0.25) is 0 Å². The van der Waals surface area contributed by atoms with E-state index in [-0.39, 0.29) is 22.3 Å². The number of fused-ring (bicyclic) bond motifs is 12. The molecule has 0 radical (unpaired) electrons. The normalized spacial score (nSPS) is 13.9. The summed E-state index contributed by atoms with van der Waals surface area (Å²) in [5.74, 6) is -13.0. The summed E-state index contributed by atoms with van der Waals surface area (Å²) in [6.45, 7) is 13.4. The Bertz CT molecular complexity index is 7970. The van der Waals surface area contributed by atoms with E-state index in [2.05, 4.69) is 265 Å². The van der Waals surface area contributed by atoms with Gasteiger partial charge in [0.1, 0.15) is 11.6 Å². The predicted molar refractivity (Wildman–Crippen MR) is 527 cm³/mol. The lowest BCUT2D eigenvalue weighted by atomic mass is 9.70. The topological polar surface area (TPSA) is 176 Å². The lowest BCUT2D eigenvalue weighted by Crippen LogP contribution is -2.49. The Balaban J connectivity index is 0.000000155. The Kier molecular flexibility index (Phi) is 23.4. The third-order valence-corrected chi connectivity index (χ3v) is 26.9. The molecule has 0 atom stereocenters. The fraction of sp³-hybridized carbons (Fsp3) is 0.106. The molecule has 137 heavy (non-hydrogen) atoms. The second-order valence-corrected chi connectivity index (χ2v) is 36.2. The number of aromatic nitrogens is 4. The first-order valence-electron chi connectivity index (χ1n) is 43.8. The summed E-state index contributed by atoms with van der Waals surface area (Å²) < 4.78 is 150. The van der Waals surface area contributed by atoms with Crippen molar-refractivity contribution in [2.24, 2.45) is 0 Å². The minimum Gasteiger partial charge on any atom is -0.399 e. The minimum absolute atomic E-state index is 0.0344. The lowest BCUT2D eigenvalue weighted by molar-refractivity contribution is 0.00578. The molecule has 4 aromatic heterocycles. The van der Waals surface area contributed by atoms with Gasteiger partial charge in [0.25, 0.3) is 0 Å². The fourth-order valence-electron chi connectivity index (χ4n) is 18.3. The Morgan fingerprint density at radius 3 is 0.657 bits per heavy atom. The summed E-state index contributed by atoms with van der Waals surface area (Å²) in [5.41, 5.74) is 11.5. The monoisotopic (exact) mass is 1880 g/mol. The van der Waals surface area contributed by atoms with Crippen LogP contribution in [0.15, 0.2) is 320 Å². The van der Waals surface area contributed by atoms with Crippen molar-refractivity contribution in [1.82, 2.24) is 18.3 Å². The van der Waals surface area contributed by atoms with Crippen LogP contribution in [-0.2, 0) is 18.6 Å². The summed E-state index contributed by atoms with van der Waals surface area (Å²) in [6, 6.07) is 114. The zero-order valence-electron chi connectivity index (χ0n) is 74.7. The maximum atomic E-state index is 15.3. The quantitative estimate of drug-likeness (QED) is 0.0558. The summed E-state index contributed by atoms with van der Waals surface area (Å²) in [7, 11) is -3.11. The number of rotatable bonds is 10. The van der Waals surface area contributed by atoms with Crippen LogP contribution in [0.4, 0.5) is 35.1 Å². The van der Waals surface area contributed by atoms with Gasteiger partial charge in [0, 0.05) is 58.7 Å². The number of hydrogen-bond acceptors (Lipinski definition) is 9. The average molecular weight is 1880 g/mol. The van der Waals surface area contributed by atoms with Crippen LogP contribution in [0.5, 0.6) is 0 Å². The molecule has 0 spiro atoms. The van der Waals surface area contributed by atoms with Crippen LogP contribution in [-0.4, -0.2) is 54.9 Å². The SMILES string of the molecule is CC1(C)OB(c2c(F)c(F)c(F)c(B3OC(C)(C)C(C)(C)O3)c2F)OC1(C)C.N#Cc1ccc(-c2c(-n3c4ccccc4c4ccccc43)c(-c3ccc(C#N)cc3)c(-n3c4ccccc4c4ccccc43)c(-n3c4ccccc4c4ccccc43)c2-n2c3ccccc3c3ccccc32)cc1.N#Cc1ccc(-c2c(F)c(F)c(F)c(-c3ccc(C#N)cc3)c2F)cc1.N#Cc1ccc(Br)cc1. The van der Waals surface area contributed by atoms with Gasteiger partial charge in [0.05, 0.1) is 170 Å². The first-order valence-corrected chi connectivity index (χ1v) is 44.6. The highest BCUT2D eigenvalue weighted by molar-refractivity contribution is 9.10. The van der Waals surface area contributed by atoms with E-state index in [9.17, 15) is 41.3 Å². The summed E-state index contributed by atoms with van der Waals surface area (Å²) in [6.07, 6.45) is 0. The molecule has 0 saturated carbocycles. The predicted octanol–water partition coefficient (Wildman–Crippen LogP) is 27.6. The van der Waals surface area contributed by atoms with Crippen molar-refractivity contribution in [2.75, 3.05) is 0 Å². The summed E-state index contributed by atoms with van der Waals surface area (Å²) in [4.78, 5) is 0. The Hall–Kier alpha value is -15.9. The molecule has 2 fully saturated rings. The second-order valence-electron chi connectivity index (χ2n) is 35.3. The smallest absolute Gasteiger partial charge is 0.399 e. The van der Waals surface area contributed by atoms with Crippen molar-refractivity contribution in [3.8, 4) is 97.6 Å². The number of para-hydroxylation sites is 8. The van der Waals surface area contributed by atoms with Gasteiger partial charge in [-0.25, -0.2) is 35.1 Å². The number of halogens is 9. The molecule has 0 amide bonds. The fourth-order valence-corrected chi connectivity index (χ4v) is 18.6. The van der Waals surface area contributed by atoms with Gasteiger partial charge in [0.15, 0.2) is 34.9 Å². The highest BCUT2D eigenvalue weighted by Crippen LogP contribution is 2.56. The Morgan fingerprint density at radius 1 is 0.226 bits per heavy atom. The van der Waals surface area contributed by atoms with Crippen LogP contribution in [0.3, 0.4) is 0 Å². The van der Waals surface area contributed by atoms with Gasteiger partial charge in [-0.2, -0.15) is 26.3 Å². The molecule has 666 valence electrons. The molecule has 6 heterocycles. The Morgan fingerprint density at radius 2 is 0.423 bits per heavy atom. The van der Waals surface area contributed by atoms with Crippen molar-refractivity contribution in [2.45, 2.75) is 77.8 Å². The highest BCUT2D eigenvalue weighted by atomic mass is 79.9. The average Bonchev–Trinajstić information content (AvgIpc) is 1.55. The molecular formula is C113H76B2BrF8N9O4. The zero-order valence-corrected chi connectivity index (χ0v) is 76.3. The number of hydrogen-bond donors (Lipinski definition) is 0. The molecule has 0 N–H and O–H groups in total. The van der Waals surface area contributed by atoms with E-state index >= 15 is 4.39 Å². The minimum atomic E-state index is -1.84. The van der Waals surface area contributed by atoms with Crippen molar-refractivity contribution in [3.05, 3.63) is 394 Å². The van der Waals surface area contributed by atoms with Gasteiger partial charge in [-0.3, -0.25) is 0 Å². The molecule has 0 bridgehead atoms. The van der Waals surface area contributed by atoms with Gasteiger partial charge in [0.2, 0.25) is 0 Å². The molecule has 0 unspecified atom stereocenters. The van der Waals surface area contributed by atoms with Crippen LogP contribution < -0.4 is 10.9 Å². The molecular weight excluding hydrogens is 1800 g/mol. The largest absolute Gasteiger partial charge is 0.500 e. The van der Waals surface area contributed by atoms with E-state index in [1.165, 1.54) is 48.5 Å². The van der Waals surface area contributed by atoms with E-state index in [4.69, 9.17) is 34.4 Å². The van der Waals surface area contributed by atoms with Crippen LogP contribution in [0, 0.1) is 103 Å². The third-order valence-electron chi connectivity index (χ3n) is 26.4. The lowest BCUT2D eigenvalue weighted by Gasteiger charge is -2.32. The van der Waals surface area contributed by atoms with E-state index in [1.807, 2.05) is 54.6 Å². The molecule has 0 aliphatic carbocycles. The first kappa shape index (κ1) is 90.2. The van der Waals surface area contributed by atoms with Crippen LogP contribution in [0.1, 0.15) is 83.2 Å². The molecule has 24 heteroatoms. The third kappa shape index (κ3) is 15.4. The van der Waals surface area contributed by atoms with E-state index in [0.29, 0.717) is 16.7 Å². The Labute approximate surface area is 791 Å². The van der Waals surface area contributed by atoms with Gasteiger partial charge in [-0.15, -0.1) is 0 Å². The van der Waals surface area contributed by atoms with Crippen LogP contribution >= 0.6 is 15.9 Å². The van der Waals surface area contributed by atoms with Crippen molar-refractivity contribution in [3.63, 3.8) is 0 Å². The van der Waals surface area contributed by atoms with Crippen LogP contribution in [0.25, 0.3) is 154 Å². The number of nitrogens with zero attached hydrogens (tertiary/aromatic N) is 9. The molecule has 16 aromatic carbocycles. The molecule has 20 aromatic rings. The summed E-state index contributed by atoms with van der Waals surface area (Å²) >= 11 is 3.27. The maximum absolute atomic E-state index is 15.3. The molecule has 2 aliphatic heterocycles. The van der Waals surface area contributed by atoms with Crippen molar-refractivity contribution < 1.29 is 53.7 Å². The van der Waals surface area contributed by atoms with E-state index < -0.39 is 105 Å². The summed E-state index contributed by atoms with van der Waals surface area (Å²) in [5, 5.41) is 55.8. The first-order chi connectivity index (χ1) is 66.0. The van der Waals surface area contributed by atoms with Crippen molar-refractivity contribution in [1.29, 1.82) is 26.3 Å². The standard InChI is InChI=1S/C68H40N6.C20H8F4N2.C18H24B2F4O4.C7H4BrN/c69-41-43-33-37-45(38-34-43)63-65(71-55-25-9-1-17-47(55)48-18-2-10-26-56(48)71)64(46-39-35-44(42-70)36-40-46)67(73-59-29-13-5-21-51(59)52-22-6-14-30-60(52)73)68(74-61-31-15-7-23-53(61)54-24-8-16-32-62(54)74)66(63)72-57-27-11-3-19-49(57)50-20-4-12-28-58(50)72;21-17-15(13-5-1-11(9-25)2-6-13)18(22)20(24)19(23)16(17)14-7-3-12(10-26)4-8-14;1-15(2)16(3,4)26-19(25-15)9-11(21)10(13(23)14(24)12(9)22)20-27-17(5,6)18(7,8)28-20;8-7-3-1-6(5-9)2-4-7/h1-40H;1-8H;1-8H3;1-4H. The van der Waals surface area contributed by atoms with Gasteiger partial charge >= 0.3 is 14.2 Å². The molecule has 2 saturated heterocycles. The highest BCUT2D eigenvalue weighted by Gasteiger charge is 2.58. The molecule has 22 rings (SSSR count). The number of benzene rings is 16. The van der Waals surface area contributed by atoms with Crippen molar-refractivity contribution >= 4 is 128 Å². The van der Waals surface area contributed by atoms with Gasteiger partial charge < -0.3 is 36.9 Å². The molecule has 13 nitrogen and oxygen atoms in total. The second kappa shape index (κ2) is 35.5. The molecule has 2 aliphatic rings. The zero-order chi connectivity index (χ0) is 96.0. The van der Waals surface area contributed by atoms with Gasteiger partial charge in [-0.05, 0) is 199 Å². The maximum Gasteiger partial charge on any atom is 0.500 e.